The first-order chi connectivity index (χ1) is 18.9. The zero-order valence-electron chi connectivity index (χ0n) is 23.9. The van der Waals surface area contributed by atoms with E-state index in [-0.39, 0.29) is 17.8 Å². The van der Waals surface area contributed by atoms with Crippen LogP contribution in [0.3, 0.4) is 0 Å². The smallest absolute Gasteiger partial charge is 0.169 e. The van der Waals surface area contributed by atoms with Gasteiger partial charge >= 0.3 is 0 Å². The first-order valence-electron chi connectivity index (χ1n) is 14.5. The van der Waals surface area contributed by atoms with Gasteiger partial charge in [-0.3, -0.25) is 0 Å². The fraction of sp³-hybridized carbons (Fsp3) is 0.361. The van der Waals surface area contributed by atoms with E-state index < -0.39 is 0 Å². The van der Waals surface area contributed by atoms with Crippen molar-refractivity contribution in [3.05, 3.63) is 114 Å². The van der Waals surface area contributed by atoms with E-state index in [0.29, 0.717) is 6.61 Å². The number of ether oxygens (including phenoxy) is 2. The van der Waals surface area contributed by atoms with Gasteiger partial charge in [-0.2, -0.15) is 0 Å². The Hall–Kier alpha value is -3.27. The maximum Gasteiger partial charge on any atom is 0.169 e. The summed E-state index contributed by atoms with van der Waals surface area (Å²) in [4.78, 5) is 0. The summed E-state index contributed by atoms with van der Waals surface area (Å²) < 4.78 is 14.3. The van der Waals surface area contributed by atoms with E-state index in [9.17, 15) is 0 Å². The van der Waals surface area contributed by atoms with Crippen molar-refractivity contribution in [1.29, 1.82) is 0 Å². The van der Waals surface area contributed by atoms with Crippen LogP contribution in [0, 0.1) is 0 Å². The third-order valence-electron chi connectivity index (χ3n) is 7.39. The fourth-order valence-electron chi connectivity index (χ4n) is 5.02. The summed E-state index contributed by atoms with van der Waals surface area (Å²) in [5.74, 6) is 0. The lowest BCUT2D eigenvalue weighted by Gasteiger charge is -2.19. The van der Waals surface area contributed by atoms with E-state index in [1.807, 2.05) is 0 Å². The molecule has 0 amide bonds. The molecule has 2 atom stereocenters. The molecule has 39 heavy (non-hydrogen) atoms. The Balaban J connectivity index is 1.18. The lowest BCUT2D eigenvalue weighted by atomic mass is 9.98. The summed E-state index contributed by atoms with van der Waals surface area (Å²) in [5.41, 5.74) is 8.45. The third kappa shape index (κ3) is 7.44. The van der Waals surface area contributed by atoms with Crippen LogP contribution in [-0.4, -0.2) is 5.60 Å². The lowest BCUT2D eigenvalue weighted by Crippen LogP contribution is -2.32. The van der Waals surface area contributed by atoms with Crippen molar-refractivity contribution in [3.8, 4) is 22.3 Å². The zero-order chi connectivity index (χ0) is 27.2. The minimum Gasteiger partial charge on any atom is -0.371 e. The van der Waals surface area contributed by atoms with Gasteiger partial charge in [0.25, 0.3) is 0 Å². The Morgan fingerprint density at radius 1 is 0.692 bits per heavy atom. The molecule has 1 fully saturated rings. The van der Waals surface area contributed by atoms with E-state index >= 15 is 0 Å². The standard InChI is InChI=1S/C36H42NO2/c1-5-6-7-8-22-37-23-20-31(21-24-37)30-14-12-28(13-15-30)29-16-18-32(19-17-29)34-35(39-34)33-11-9-10-27(25-33)26-38-36(2,3)4/h9-21,23-25,34-35H,5-8,22,26H2,1-4H3/q+1. The molecule has 202 valence electrons. The molecule has 0 radical (unpaired) electrons. The summed E-state index contributed by atoms with van der Waals surface area (Å²) in [6.07, 6.45) is 9.81. The monoisotopic (exact) mass is 520 g/mol. The van der Waals surface area contributed by atoms with Crippen molar-refractivity contribution < 1.29 is 14.0 Å². The molecule has 3 heteroatoms. The molecular formula is C36H42NO2+. The summed E-state index contributed by atoms with van der Waals surface area (Å²) in [6, 6.07) is 30.8. The van der Waals surface area contributed by atoms with Crippen LogP contribution < -0.4 is 4.57 Å². The van der Waals surface area contributed by atoms with Crippen LogP contribution in [0.5, 0.6) is 0 Å². The van der Waals surface area contributed by atoms with Crippen molar-refractivity contribution in [2.45, 2.75) is 84.3 Å². The molecule has 5 rings (SSSR count). The highest BCUT2D eigenvalue weighted by atomic mass is 16.6. The quantitative estimate of drug-likeness (QED) is 0.112. The predicted molar refractivity (Wildman–Crippen MR) is 159 cm³/mol. The van der Waals surface area contributed by atoms with Gasteiger partial charge in [0.15, 0.2) is 12.4 Å². The molecule has 0 saturated carbocycles. The first-order valence-corrected chi connectivity index (χ1v) is 14.5. The van der Waals surface area contributed by atoms with E-state index in [1.165, 1.54) is 64.6 Å². The fourth-order valence-corrected chi connectivity index (χ4v) is 5.02. The summed E-state index contributed by atoms with van der Waals surface area (Å²) in [6.45, 7) is 10.2. The van der Waals surface area contributed by atoms with Crippen LogP contribution in [0.15, 0.2) is 97.3 Å². The van der Waals surface area contributed by atoms with E-state index in [1.54, 1.807) is 0 Å². The van der Waals surface area contributed by atoms with Crippen LogP contribution in [0.25, 0.3) is 22.3 Å². The molecule has 3 nitrogen and oxygen atoms in total. The molecule has 2 unspecified atom stereocenters. The van der Waals surface area contributed by atoms with Gasteiger partial charge in [0.05, 0.1) is 12.2 Å². The van der Waals surface area contributed by atoms with E-state index in [2.05, 4.69) is 130 Å². The molecule has 0 bridgehead atoms. The molecular weight excluding hydrogens is 478 g/mol. The Morgan fingerprint density at radius 2 is 1.28 bits per heavy atom. The highest BCUT2D eigenvalue weighted by Gasteiger charge is 2.41. The molecule has 0 aliphatic carbocycles. The van der Waals surface area contributed by atoms with Crippen molar-refractivity contribution >= 4 is 0 Å². The maximum absolute atomic E-state index is 6.10. The summed E-state index contributed by atoms with van der Waals surface area (Å²) in [7, 11) is 0. The number of nitrogens with zero attached hydrogens (tertiary/aromatic N) is 1. The maximum atomic E-state index is 6.10. The number of pyridine rings is 1. The van der Waals surface area contributed by atoms with Crippen LogP contribution in [0.2, 0.25) is 0 Å². The second kappa shape index (κ2) is 12.3. The second-order valence-electron chi connectivity index (χ2n) is 11.7. The molecule has 3 aromatic carbocycles. The minimum absolute atomic E-state index is 0.116. The number of benzene rings is 3. The third-order valence-corrected chi connectivity index (χ3v) is 7.39. The highest BCUT2D eigenvalue weighted by molar-refractivity contribution is 5.70. The molecule has 1 aromatic heterocycles. The van der Waals surface area contributed by atoms with Gasteiger partial charge in [-0.05, 0) is 66.1 Å². The van der Waals surface area contributed by atoms with E-state index in [4.69, 9.17) is 9.47 Å². The lowest BCUT2D eigenvalue weighted by molar-refractivity contribution is -0.697. The van der Waals surface area contributed by atoms with Crippen LogP contribution >= 0.6 is 0 Å². The van der Waals surface area contributed by atoms with Gasteiger partial charge < -0.3 is 9.47 Å². The molecule has 0 N–H and O–H groups in total. The summed E-state index contributed by atoms with van der Waals surface area (Å²) >= 11 is 0. The minimum atomic E-state index is -0.144. The number of hydrogen-bond acceptors (Lipinski definition) is 2. The number of aryl methyl sites for hydroxylation is 1. The molecule has 4 aromatic rings. The van der Waals surface area contributed by atoms with Crippen molar-refractivity contribution in [2.24, 2.45) is 0 Å². The van der Waals surface area contributed by atoms with Gasteiger partial charge in [-0.15, -0.1) is 0 Å². The van der Waals surface area contributed by atoms with Gasteiger partial charge in [0.2, 0.25) is 0 Å². The van der Waals surface area contributed by atoms with Crippen LogP contribution in [0.1, 0.15) is 82.3 Å². The number of aromatic nitrogens is 1. The number of rotatable bonds is 11. The Morgan fingerprint density at radius 3 is 1.90 bits per heavy atom. The van der Waals surface area contributed by atoms with Crippen molar-refractivity contribution in [3.63, 3.8) is 0 Å². The zero-order valence-corrected chi connectivity index (χ0v) is 23.9. The van der Waals surface area contributed by atoms with E-state index in [0.717, 1.165) is 6.54 Å². The Bertz CT molecular complexity index is 1330. The molecule has 1 aliphatic rings. The largest absolute Gasteiger partial charge is 0.371 e. The van der Waals surface area contributed by atoms with Gasteiger partial charge in [0, 0.05) is 18.6 Å². The normalized spacial score (nSPS) is 16.8. The SMILES string of the molecule is CCCCCC[n+]1ccc(-c2ccc(-c3ccc(C4OC4c4cccc(COC(C)(C)C)c4)cc3)cc2)cc1. The van der Waals surface area contributed by atoms with Crippen molar-refractivity contribution in [2.75, 3.05) is 0 Å². The molecule has 0 spiro atoms. The molecule has 2 heterocycles. The number of hydrogen-bond donors (Lipinski definition) is 0. The Kier molecular flexibility index (Phi) is 8.60. The Labute approximate surface area is 234 Å². The predicted octanol–water partition coefficient (Wildman–Crippen LogP) is 9.02. The van der Waals surface area contributed by atoms with Crippen LogP contribution in [0.4, 0.5) is 0 Å². The van der Waals surface area contributed by atoms with Crippen molar-refractivity contribution in [1.82, 2.24) is 0 Å². The van der Waals surface area contributed by atoms with Gasteiger partial charge in [-0.25, -0.2) is 4.57 Å². The topological polar surface area (TPSA) is 25.6 Å². The summed E-state index contributed by atoms with van der Waals surface area (Å²) in [5, 5.41) is 0. The van der Waals surface area contributed by atoms with Gasteiger partial charge in [0.1, 0.15) is 18.8 Å². The number of unbranched alkanes of at least 4 members (excludes halogenated alkanes) is 3. The first kappa shape index (κ1) is 27.3. The van der Waals surface area contributed by atoms with Crippen LogP contribution in [-0.2, 0) is 22.6 Å². The average molecular weight is 521 g/mol. The van der Waals surface area contributed by atoms with Gasteiger partial charge in [-0.1, -0.05) is 92.6 Å². The average Bonchev–Trinajstić information content (AvgIpc) is 3.76. The highest BCUT2D eigenvalue weighted by Crippen LogP contribution is 2.51. The second-order valence-corrected chi connectivity index (χ2v) is 11.7. The molecule has 1 saturated heterocycles. The molecule has 1 aliphatic heterocycles. The number of epoxide rings is 1.